The van der Waals surface area contributed by atoms with Gasteiger partial charge >= 0.3 is 0 Å². The van der Waals surface area contributed by atoms with Crippen molar-refractivity contribution in [1.29, 1.82) is 0 Å². The average Bonchev–Trinajstić information content (AvgIpc) is 2.75. The summed E-state index contributed by atoms with van der Waals surface area (Å²) >= 11 is 3.43. The van der Waals surface area contributed by atoms with E-state index in [2.05, 4.69) is 41.9 Å². The van der Waals surface area contributed by atoms with E-state index in [1.165, 1.54) is 0 Å². The van der Waals surface area contributed by atoms with Crippen LogP contribution >= 0.6 is 15.9 Å². The predicted molar refractivity (Wildman–Crippen MR) is 64.8 cm³/mol. The maximum Gasteiger partial charge on any atom is 0.196 e. The fourth-order valence-corrected chi connectivity index (χ4v) is 1.81. The Kier molecular flexibility index (Phi) is 3.04. The van der Waals surface area contributed by atoms with Gasteiger partial charge in [0.15, 0.2) is 5.82 Å². The minimum Gasteiger partial charge on any atom is -0.399 e. The molecule has 0 bridgehead atoms. The van der Waals surface area contributed by atoms with E-state index in [0.29, 0.717) is 11.5 Å². The maximum absolute atomic E-state index is 5.66. The van der Waals surface area contributed by atoms with Gasteiger partial charge in [0.05, 0.1) is 6.04 Å². The number of H-pyrrole nitrogens is 1. The number of nitrogen functional groups attached to an aromatic ring is 1. The minimum atomic E-state index is -0.0290. The van der Waals surface area contributed by atoms with Gasteiger partial charge in [-0.3, -0.25) is 0 Å². The van der Waals surface area contributed by atoms with E-state index >= 15 is 0 Å². The first-order valence-electron chi connectivity index (χ1n) is 4.71. The molecule has 2 aromatic rings. The van der Waals surface area contributed by atoms with Crippen molar-refractivity contribution in [3.05, 3.63) is 28.5 Å². The normalized spacial score (nSPS) is 12.4. The fraction of sp³-hybridized carbons (Fsp3) is 0.222. The van der Waals surface area contributed by atoms with Crippen LogP contribution in [0.25, 0.3) is 0 Å². The Morgan fingerprint density at radius 2 is 2.31 bits per heavy atom. The van der Waals surface area contributed by atoms with Gasteiger partial charge in [-0.15, -0.1) is 10.2 Å². The second-order valence-electron chi connectivity index (χ2n) is 3.38. The SMILES string of the molecule is CC(Nc1ccc(N)cc1Br)c1nn[nH]n1. The molecule has 0 aliphatic carbocycles. The van der Waals surface area contributed by atoms with E-state index in [1.807, 2.05) is 25.1 Å². The van der Waals surface area contributed by atoms with Crippen LogP contribution in [-0.4, -0.2) is 20.6 Å². The summed E-state index contributed by atoms with van der Waals surface area (Å²) < 4.78 is 0.905. The zero-order valence-corrected chi connectivity index (χ0v) is 10.2. The number of nitrogens with one attached hydrogen (secondary N) is 2. The van der Waals surface area contributed by atoms with Crippen molar-refractivity contribution in [3.8, 4) is 0 Å². The van der Waals surface area contributed by atoms with E-state index in [-0.39, 0.29) is 6.04 Å². The van der Waals surface area contributed by atoms with Crippen molar-refractivity contribution in [2.45, 2.75) is 13.0 Å². The summed E-state index contributed by atoms with van der Waals surface area (Å²) in [5.74, 6) is 0.615. The second-order valence-corrected chi connectivity index (χ2v) is 4.23. The first-order valence-corrected chi connectivity index (χ1v) is 5.51. The Hall–Kier alpha value is -1.63. The first-order chi connectivity index (χ1) is 7.66. The van der Waals surface area contributed by atoms with Crippen molar-refractivity contribution in [2.24, 2.45) is 0 Å². The summed E-state index contributed by atoms with van der Waals surface area (Å²) in [5.41, 5.74) is 7.30. The Morgan fingerprint density at radius 1 is 1.50 bits per heavy atom. The summed E-state index contributed by atoms with van der Waals surface area (Å²) in [4.78, 5) is 0. The maximum atomic E-state index is 5.66. The van der Waals surface area contributed by atoms with Gasteiger partial charge in [0.2, 0.25) is 0 Å². The monoisotopic (exact) mass is 282 g/mol. The molecule has 7 heteroatoms. The van der Waals surface area contributed by atoms with Gasteiger partial charge in [-0.25, -0.2) is 0 Å². The fourth-order valence-electron chi connectivity index (χ4n) is 1.30. The van der Waals surface area contributed by atoms with Crippen molar-refractivity contribution < 1.29 is 0 Å². The number of hydrogen-bond donors (Lipinski definition) is 3. The Bertz CT molecular complexity index is 469. The van der Waals surface area contributed by atoms with Crippen molar-refractivity contribution in [2.75, 3.05) is 11.1 Å². The number of benzene rings is 1. The molecule has 4 N–H and O–H groups in total. The quantitative estimate of drug-likeness (QED) is 0.746. The molecule has 0 aliphatic rings. The highest BCUT2D eigenvalue weighted by molar-refractivity contribution is 9.10. The Balaban J connectivity index is 2.15. The van der Waals surface area contributed by atoms with Gasteiger partial charge in [0.1, 0.15) is 0 Å². The molecule has 0 radical (unpaired) electrons. The van der Waals surface area contributed by atoms with E-state index in [0.717, 1.165) is 10.2 Å². The molecular weight excluding hydrogens is 272 g/mol. The minimum absolute atomic E-state index is 0.0290. The van der Waals surface area contributed by atoms with Crippen LogP contribution in [0.1, 0.15) is 18.8 Å². The Labute approximate surface area is 101 Å². The van der Waals surface area contributed by atoms with Crippen LogP contribution < -0.4 is 11.1 Å². The summed E-state index contributed by atoms with van der Waals surface area (Å²) in [7, 11) is 0. The molecule has 0 saturated heterocycles. The lowest BCUT2D eigenvalue weighted by molar-refractivity contribution is 0.793. The number of aromatic amines is 1. The van der Waals surface area contributed by atoms with Gasteiger partial charge in [-0.05, 0) is 41.1 Å². The zero-order valence-electron chi connectivity index (χ0n) is 8.61. The van der Waals surface area contributed by atoms with Gasteiger partial charge in [-0.1, -0.05) is 5.21 Å². The van der Waals surface area contributed by atoms with Crippen LogP contribution in [0.3, 0.4) is 0 Å². The van der Waals surface area contributed by atoms with Crippen LogP contribution in [0.5, 0.6) is 0 Å². The second kappa shape index (κ2) is 4.48. The van der Waals surface area contributed by atoms with Crippen LogP contribution in [0.15, 0.2) is 22.7 Å². The third-order valence-corrected chi connectivity index (χ3v) is 2.77. The standard InChI is InChI=1S/C9H11BrN6/c1-5(9-13-15-16-14-9)12-8-3-2-6(11)4-7(8)10/h2-5,12H,11H2,1H3,(H,13,14,15,16). The van der Waals surface area contributed by atoms with E-state index in [9.17, 15) is 0 Å². The van der Waals surface area contributed by atoms with Gasteiger partial charge in [0, 0.05) is 15.8 Å². The molecule has 1 aromatic carbocycles. The zero-order chi connectivity index (χ0) is 11.5. The molecule has 0 spiro atoms. The smallest absolute Gasteiger partial charge is 0.196 e. The van der Waals surface area contributed by atoms with Gasteiger partial charge < -0.3 is 11.1 Å². The van der Waals surface area contributed by atoms with E-state index in [4.69, 9.17) is 5.73 Å². The topological polar surface area (TPSA) is 92.5 Å². The highest BCUT2D eigenvalue weighted by atomic mass is 79.9. The van der Waals surface area contributed by atoms with Crippen molar-refractivity contribution in [3.63, 3.8) is 0 Å². The lowest BCUT2D eigenvalue weighted by atomic mass is 10.2. The van der Waals surface area contributed by atoms with Crippen LogP contribution in [0.2, 0.25) is 0 Å². The molecule has 1 unspecified atom stereocenters. The number of hydrogen-bond acceptors (Lipinski definition) is 5. The van der Waals surface area contributed by atoms with Gasteiger partial charge in [0.25, 0.3) is 0 Å². The lowest BCUT2D eigenvalue weighted by Crippen LogP contribution is -2.09. The number of halogens is 1. The van der Waals surface area contributed by atoms with Crippen molar-refractivity contribution in [1.82, 2.24) is 20.6 Å². The average molecular weight is 283 g/mol. The summed E-state index contributed by atoms with van der Waals surface area (Å²) in [6.07, 6.45) is 0. The Morgan fingerprint density at radius 3 is 2.94 bits per heavy atom. The third kappa shape index (κ3) is 2.30. The number of nitrogens with zero attached hydrogens (tertiary/aromatic N) is 3. The lowest BCUT2D eigenvalue weighted by Gasteiger charge is -2.13. The molecule has 1 heterocycles. The largest absolute Gasteiger partial charge is 0.399 e. The number of nitrogens with two attached hydrogens (primary N) is 1. The number of tetrazole rings is 1. The molecule has 0 saturated carbocycles. The first kappa shape index (κ1) is 10.9. The van der Waals surface area contributed by atoms with E-state index < -0.39 is 0 Å². The van der Waals surface area contributed by atoms with E-state index in [1.54, 1.807) is 0 Å². The van der Waals surface area contributed by atoms with Crippen LogP contribution in [0, 0.1) is 0 Å². The van der Waals surface area contributed by atoms with Crippen molar-refractivity contribution >= 4 is 27.3 Å². The summed E-state index contributed by atoms with van der Waals surface area (Å²) in [6, 6.07) is 5.54. The highest BCUT2D eigenvalue weighted by Gasteiger charge is 2.11. The molecule has 1 atom stereocenters. The van der Waals surface area contributed by atoms with Gasteiger partial charge in [-0.2, -0.15) is 5.21 Å². The molecule has 0 fully saturated rings. The number of anilines is 2. The molecule has 84 valence electrons. The molecular formula is C9H11BrN6. The van der Waals surface area contributed by atoms with Crippen LogP contribution in [0.4, 0.5) is 11.4 Å². The number of aromatic nitrogens is 4. The predicted octanol–water partition coefficient (Wildman–Crippen LogP) is 1.72. The molecule has 0 amide bonds. The number of rotatable bonds is 3. The molecule has 16 heavy (non-hydrogen) atoms. The van der Waals surface area contributed by atoms with Crippen LogP contribution in [-0.2, 0) is 0 Å². The molecule has 6 nitrogen and oxygen atoms in total. The molecule has 0 aliphatic heterocycles. The molecule has 2 rings (SSSR count). The third-order valence-electron chi connectivity index (χ3n) is 2.11. The summed E-state index contributed by atoms with van der Waals surface area (Å²) in [6.45, 7) is 1.95. The molecule has 1 aromatic heterocycles. The highest BCUT2D eigenvalue weighted by Crippen LogP contribution is 2.27. The summed E-state index contributed by atoms with van der Waals surface area (Å²) in [5, 5.41) is 17.0.